The predicted molar refractivity (Wildman–Crippen MR) is 243 cm³/mol. The van der Waals surface area contributed by atoms with Crippen LogP contribution in [-0.2, 0) is 31.6 Å². The van der Waals surface area contributed by atoms with Crippen molar-refractivity contribution >= 4 is 67.1 Å². The fourth-order valence-corrected chi connectivity index (χ4v) is 10.5. The molecule has 0 saturated carbocycles. The zero-order chi connectivity index (χ0) is 47.6. The normalized spacial score (nSPS) is 19.8. The summed E-state index contributed by atoms with van der Waals surface area (Å²) in [6.07, 6.45) is 3.56. The first-order valence-electron chi connectivity index (χ1n) is 22.2. The molecule has 1 unspecified atom stereocenters. The van der Waals surface area contributed by atoms with Crippen LogP contribution in [0.3, 0.4) is 0 Å². The number of urea groups is 1. The second-order valence-corrected chi connectivity index (χ2v) is 19.7. The van der Waals surface area contributed by atoms with E-state index in [4.69, 9.17) is 9.47 Å². The molecule has 5 aromatic rings. The lowest BCUT2D eigenvalue weighted by Crippen LogP contribution is -2.51. The Labute approximate surface area is 384 Å². The van der Waals surface area contributed by atoms with Crippen molar-refractivity contribution in [2.45, 2.75) is 76.0 Å². The molecule has 0 aliphatic carbocycles. The fourth-order valence-electron chi connectivity index (χ4n) is 9.54. The van der Waals surface area contributed by atoms with E-state index in [2.05, 4.69) is 20.1 Å². The molecular formula is C45H52F2N10O9S. The zero-order valence-corrected chi connectivity index (χ0v) is 38.4. The molecule has 67 heavy (non-hydrogen) atoms. The van der Waals surface area contributed by atoms with Crippen molar-refractivity contribution in [2.75, 3.05) is 67.4 Å². The van der Waals surface area contributed by atoms with Crippen LogP contribution in [0.4, 0.5) is 30.8 Å². The first-order valence-corrected chi connectivity index (χ1v) is 23.7. The minimum absolute atomic E-state index is 0.0822. The van der Waals surface area contributed by atoms with Crippen molar-refractivity contribution in [3.8, 4) is 11.5 Å². The minimum atomic E-state index is -3.89. The second kappa shape index (κ2) is 17.4. The number of imide groups is 1. The average molecular weight is 947 g/mol. The smallest absolute Gasteiger partial charge is 0.329 e. The van der Waals surface area contributed by atoms with E-state index in [0.717, 1.165) is 10.4 Å². The van der Waals surface area contributed by atoms with Crippen molar-refractivity contribution in [3.63, 3.8) is 0 Å². The number of nitrogens with zero attached hydrogens (tertiary/aromatic N) is 8. The first-order chi connectivity index (χ1) is 31.9. The number of fused-ring (bicyclic) bond motifs is 2. The molecule has 4 saturated heterocycles. The Bertz CT molecular complexity index is 2980. The molecule has 1 atom stereocenters. The second-order valence-electron chi connectivity index (χ2n) is 18.0. The minimum Gasteiger partial charge on any atom is -0.454 e. The van der Waals surface area contributed by atoms with Gasteiger partial charge in [-0.15, -0.1) is 0 Å². The fraction of sp³-hybridized carbons (Fsp3) is 0.467. The number of halogens is 2. The van der Waals surface area contributed by atoms with Gasteiger partial charge in [0.15, 0.2) is 17.4 Å². The predicted octanol–water partition coefficient (Wildman–Crippen LogP) is 4.46. The summed E-state index contributed by atoms with van der Waals surface area (Å²) in [5.74, 6) is -1.59. The number of piperidine rings is 2. The van der Waals surface area contributed by atoms with Gasteiger partial charge in [0, 0.05) is 70.7 Å². The highest BCUT2D eigenvalue weighted by molar-refractivity contribution is 7.90. The van der Waals surface area contributed by atoms with Crippen molar-refractivity contribution < 1.29 is 46.2 Å². The van der Waals surface area contributed by atoms with E-state index in [9.17, 15) is 32.7 Å². The number of ether oxygens (including phenoxy) is 2. The number of aromatic nitrogens is 4. The molecule has 19 nitrogen and oxygen atoms in total. The van der Waals surface area contributed by atoms with Crippen LogP contribution in [0.15, 0.2) is 53.6 Å². The van der Waals surface area contributed by atoms with E-state index >= 15 is 8.78 Å². The third-order valence-electron chi connectivity index (χ3n) is 13.8. The number of benzene rings is 3. The van der Waals surface area contributed by atoms with Gasteiger partial charge >= 0.3 is 16.2 Å². The topological polar surface area (TPSA) is 214 Å². The average Bonchev–Trinajstić information content (AvgIpc) is 3.85. The molecule has 356 valence electrons. The van der Waals surface area contributed by atoms with E-state index in [0.29, 0.717) is 67.5 Å². The Morgan fingerprint density at radius 3 is 2.48 bits per heavy atom. The maximum atomic E-state index is 15.7. The number of aryl methyl sites for hydroxylation is 1. The molecule has 9 rings (SSSR count). The van der Waals surface area contributed by atoms with Gasteiger partial charge in [0.25, 0.3) is 5.56 Å². The lowest BCUT2D eigenvalue weighted by atomic mass is 9.85. The van der Waals surface area contributed by atoms with Crippen LogP contribution in [0.5, 0.6) is 11.5 Å². The van der Waals surface area contributed by atoms with Gasteiger partial charge in [-0.3, -0.25) is 38.6 Å². The summed E-state index contributed by atoms with van der Waals surface area (Å²) in [5.41, 5.74) is -0.524. The van der Waals surface area contributed by atoms with E-state index in [1.807, 2.05) is 4.90 Å². The first kappa shape index (κ1) is 45.9. The molecule has 3 N–H and O–H groups in total. The summed E-state index contributed by atoms with van der Waals surface area (Å²) < 4.78 is 75.2. The maximum Gasteiger partial charge on any atom is 0.329 e. The van der Waals surface area contributed by atoms with Crippen LogP contribution in [-0.4, -0.2) is 124 Å². The lowest BCUT2D eigenvalue weighted by Gasteiger charge is -2.42. The van der Waals surface area contributed by atoms with Crippen molar-refractivity contribution in [1.82, 2.24) is 33.9 Å². The Balaban J connectivity index is 0.806. The summed E-state index contributed by atoms with van der Waals surface area (Å²) in [7, 11) is -0.777. The number of aliphatic hydroxyl groups is 1. The number of likely N-dealkylation sites (tertiary alicyclic amines) is 1. The molecule has 22 heteroatoms. The number of nitrogens with one attached hydrogen (secondary N) is 2. The lowest BCUT2D eigenvalue weighted by molar-refractivity contribution is -0.142. The van der Waals surface area contributed by atoms with Crippen LogP contribution in [0, 0.1) is 18.6 Å². The largest absolute Gasteiger partial charge is 0.454 e. The SMILES string of the molecule is CCN(C)S(=O)(=O)Nc1ccc(F)c(Oc2ccc3ncn(C4COC5(CCN(C(=O)CC6(O)CCN(c7cc8c(cc7F)c(N7CCC(=O)NC7=O)nn8C)CC6)CC5)C4)c(=O)c3c2)c1C. The van der Waals surface area contributed by atoms with E-state index in [-0.39, 0.29) is 103 Å². The Hall–Kier alpha value is -6.23. The molecule has 4 amide bonds. The molecule has 4 aliphatic heterocycles. The molecule has 6 heterocycles. The summed E-state index contributed by atoms with van der Waals surface area (Å²) in [6.45, 7) is 5.23. The molecular weight excluding hydrogens is 895 g/mol. The summed E-state index contributed by atoms with van der Waals surface area (Å²) in [6, 6.07) is 9.09. The molecule has 4 aliphatic rings. The number of rotatable bonds is 11. The van der Waals surface area contributed by atoms with Gasteiger partial charge in [-0.1, -0.05) is 6.92 Å². The van der Waals surface area contributed by atoms with Gasteiger partial charge in [0.2, 0.25) is 11.8 Å². The summed E-state index contributed by atoms with van der Waals surface area (Å²) in [5, 5.41) is 19.0. The zero-order valence-electron chi connectivity index (χ0n) is 37.6. The highest BCUT2D eigenvalue weighted by Gasteiger charge is 2.45. The molecule has 1 spiro atoms. The Morgan fingerprint density at radius 1 is 1.01 bits per heavy atom. The Morgan fingerprint density at radius 2 is 1.76 bits per heavy atom. The van der Waals surface area contributed by atoms with Gasteiger partial charge < -0.3 is 24.4 Å². The summed E-state index contributed by atoms with van der Waals surface area (Å²) in [4.78, 5) is 61.2. The monoisotopic (exact) mass is 946 g/mol. The number of carbonyl (C=O) groups excluding carboxylic acids is 3. The summed E-state index contributed by atoms with van der Waals surface area (Å²) >= 11 is 0. The van der Waals surface area contributed by atoms with Crippen LogP contribution < -0.4 is 30.1 Å². The molecule has 4 fully saturated rings. The number of anilines is 3. The highest BCUT2D eigenvalue weighted by atomic mass is 32.2. The molecule has 0 radical (unpaired) electrons. The van der Waals surface area contributed by atoms with E-state index in [1.165, 1.54) is 48.0 Å². The van der Waals surface area contributed by atoms with Gasteiger partial charge in [-0.05, 0) is 81.5 Å². The molecule has 2 aromatic heterocycles. The van der Waals surface area contributed by atoms with Crippen LogP contribution >= 0.6 is 0 Å². The highest BCUT2D eigenvalue weighted by Crippen LogP contribution is 2.42. The number of hydrogen-bond donors (Lipinski definition) is 3. The van der Waals surface area contributed by atoms with Crippen molar-refractivity contribution in [2.24, 2.45) is 7.05 Å². The van der Waals surface area contributed by atoms with Crippen LogP contribution in [0.25, 0.3) is 21.8 Å². The number of amides is 4. The van der Waals surface area contributed by atoms with Gasteiger partial charge in [-0.2, -0.15) is 17.8 Å². The third kappa shape index (κ3) is 8.78. The molecule has 0 bridgehead atoms. The van der Waals surface area contributed by atoms with E-state index in [1.54, 1.807) is 41.8 Å². The third-order valence-corrected chi connectivity index (χ3v) is 15.3. The van der Waals surface area contributed by atoms with Gasteiger partial charge in [0.1, 0.15) is 11.6 Å². The van der Waals surface area contributed by atoms with Gasteiger partial charge in [-0.25, -0.2) is 18.6 Å². The number of carbonyl (C=O) groups is 3. The standard InChI is InChI=1S/C45H52F2N10O9S/c1-5-52(3)67(63,64)51-34-9-7-32(46)40(27(34)2)66-29-6-8-35-30(20-29)42(60)57(26-48-35)28-23-45(65-25-28)13-18-55(19-14-45)39(59)24-44(62)11-16-54(17-12-44)37-22-36-31(21-33(37)47)41(50-53(36)4)56-15-10-38(58)49-43(56)61/h6-9,20-22,26,28,51,62H,5,10-19,23-25H2,1-4H3,(H,49,58,61). The quantitative estimate of drug-likeness (QED) is 0.168. The number of hydrogen-bond acceptors (Lipinski definition) is 12. The van der Waals surface area contributed by atoms with Crippen LogP contribution in [0.2, 0.25) is 0 Å². The van der Waals surface area contributed by atoms with Gasteiger partial charge in [0.05, 0.1) is 64.4 Å². The Kier molecular flexibility index (Phi) is 12.0. The maximum absolute atomic E-state index is 15.7. The van der Waals surface area contributed by atoms with Crippen molar-refractivity contribution in [3.05, 3.63) is 76.3 Å². The van der Waals surface area contributed by atoms with Crippen LogP contribution in [0.1, 0.15) is 63.5 Å². The van der Waals surface area contributed by atoms with Crippen molar-refractivity contribution in [1.29, 1.82) is 0 Å². The molecule has 3 aromatic carbocycles. The van der Waals surface area contributed by atoms with E-state index < -0.39 is 39.1 Å².